The highest BCUT2D eigenvalue weighted by Gasteiger charge is 2.41. The van der Waals surface area contributed by atoms with Gasteiger partial charge in [-0.2, -0.15) is 0 Å². The Kier molecular flexibility index (Phi) is 5.27. The molecule has 2 aliphatic carbocycles. The van der Waals surface area contributed by atoms with Gasteiger partial charge in [0.1, 0.15) is 5.75 Å². The molecule has 2 aliphatic rings. The van der Waals surface area contributed by atoms with Crippen LogP contribution in [0.5, 0.6) is 5.75 Å². The molecule has 3 rings (SSSR count). The fourth-order valence-electron chi connectivity index (χ4n) is 3.46. The summed E-state index contributed by atoms with van der Waals surface area (Å²) in [6.07, 6.45) is 15.0. The highest BCUT2D eigenvalue weighted by molar-refractivity contribution is 5.95. The van der Waals surface area contributed by atoms with Crippen LogP contribution in [0.2, 0.25) is 0 Å². The van der Waals surface area contributed by atoms with Gasteiger partial charge >= 0.3 is 5.97 Å². The molecule has 26 heavy (non-hydrogen) atoms. The number of methoxy groups -OCH3 is 1. The third kappa shape index (κ3) is 3.57. The van der Waals surface area contributed by atoms with Crippen molar-refractivity contribution in [3.8, 4) is 5.75 Å². The molecule has 3 nitrogen and oxygen atoms in total. The number of fused-ring (bicyclic) bond motifs is 1. The first kappa shape index (κ1) is 18.0. The highest BCUT2D eigenvalue weighted by atomic mass is 16.5. The first-order valence-electron chi connectivity index (χ1n) is 8.87. The second kappa shape index (κ2) is 7.61. The molecule has 0 spiro atoms. The summed E-state index contributed by atoms with van der Waals surface area (Å²) in [6.45, 7) is 4.30. The number of carbonyl (C=O) groups excluding carboxylic acids is 1. The van der Waals surface area contributed by atoms with E-state index in [-0.39, 0.29) is 5.97 Å². The molecule has 134 valence electrons. The zero-order chi connectivity index (χ0) is 18.6. The lowest BCUT2D eigenvalue weighted by molar-refractivity contribution is -0.139. The lowest BCUT2D eigenvalue weighted by Gasteiger charge is -2.23. The summed E-state index contributed by atoms with van der Waals surface area (Å²) in [4.78, 5) is 12.7. The maximum atomic E-state index is 12.7. The van der Waals surface area contributed by atoms with Crippen molar-refractivity contribution in [3.63, 3.8) is 0 Å². The normalized spacial score (nSPS) is 21.6. The van der Waals surface area contributed by atoms with Gasteiger partial charge in [0.05, 0.1) is 19.3 Å². The van der Waals surface area contributed by atoms with E-state index >= 15 is 0 Å². The molecule has 0 aliphatic heterocycles. The first-order valence-corrected chi connectivity index (χ1v) is 8.87. The zero-order valence-electron chi connectivity index (χ0n) is 15.5. The number of carbonyl (C=O) groups is 1. The van der Waals surface area contributed by atoms with Crippen LogP contribution < -0.4 is 4.74 Å². The third-order valence-corrected chi connectivity index (χ3v) is 4.77. The molecule has 0 radical (unpaired) electrons. The number of esters is 1. The lowest BCUT2D eigenvalue weighted by Crippen LogP contribution is -2.21. The van der Waals surface area contributed by atoms with Gasteiger partial charge in [0.25, 0.3) is 0 Å². The molecule has 0 saturated heterocycles. The molecule has 3 heteroatoms. The first-order chi connectivity index (χ1) is 12.6. The van der Waals surface area contributed by atoms with E-state index in [2.05, 4.69) is 25.2 Å². The van der Waals surface area contributed by atoms with Crippen LogP contribution in [-0.4, -0.2) is 19.7 Å². The Morgan fingerprint density at radius 1 is 1.19 bits per heavy atom. The van der Waals surface area contributed by atoms with E-state index < -0.39 is 5.41 Å². The number of ether oxygens (including phenoxy) is 2. The van der Waals surface area contributed by atoms with Gasteiger partial charge in [-0.3, -0.25) is 0 Å². The maximum Gasteiger partial charge on any atom is 0.335 e. The third-order valence-electron chi connectivity index (χ3n) is 4.77. The van der Waals surface area contributed by atoms with Crippen LogP contribution in [0.25, 0.3) is 6.08 Å². The molecule has 1 aromatic rings. The van der Waals surface area contributed by atoms with Gasteiger partial charge in [0.15, 0.2) is 0 Å². The van der Waals surface area contributed by atoms with Crippen molar-refractivity contribution in [2.75, 3.05) is 13.7 Å². The van der Waals surface area contributed by atoms with Crippen molar-refractivity contribution in [2.45, 2.75) is 20.3 Å². The van der Waals surface area contributed by atoms with Gasteiger partial charge in [-0.25, -0.2) is 4.79 Å². The number of benzene rings is 1. The molecule has 0 unspecified atom stereocenters. The smallest absolute Gasteiger partial charge is 0.335 e. The summed E-state index contributed by atoms with van der Waals surface area (Å²) in [5, 5.41) is 0. The molecule has 0 saturated carbocycles. The fraction of sp³-hybridized carbons (Fsp3) is 0.261. The largest absolute Gasteiger partial charge is 0.497 e. The molecule has 1 atom stereocenters. The van der Waals surface area contributed by atoms with Crippen molar-refractivity contribution in [1.82, 2.24) is 0 Å². The van der Waals surface area contributed by atoms with Crippen molar-refractivity contribution in [2.24, 2.45) is 5.41 Å². The standard InChI is InChI=1S/C23H24O3/c1-4-26-22(24)21-20-9-7-5-6-8-18(20)16-23(21,2)15-14-17-10-12-19(25-3)13-11-17/h5-15H,4,16H2,1-3H3/b15-14+/t23-/m1/s1. The predicted octanol–water partition coefficient (Wildman–Crippen LogP) is 5.03. The molecule has 0 N–H and O–H groups in total. The van der Waals surface area contributed by atoms with E-state index in [4.69, 9.17) is 9.47 Å². The van der Waals surface area contributed by atoms with E-state index in [0.717, 1.165) is 28.9 Å². The van der Waals surface area contributed by atoms with Gasteiger partial charge < -0.3 is 9.47 Å². The average Bonchev–Trinajstić information content (AvgIpc) is 2.77. The van der Waals surface area contributed by atoms with Crippen LogP contribution >= 0.6 is 0 Å². The SMILES string of the molecule is CCOC(=O)C1=C2C=CC=CC=C2C[C@@]1(C)/C=C/c1ccc(OC)cc1. The second-order valence-corrected chi connectivity index (χ2v) is 6.65. The lowest BCUT2D eigenvalue weighted by atomic mass is 9.81. The van der Waals surface area contributed by atoms with E-state index in [1.54, 1.807) is 7.11 Å². The van der Waals surface area contributed by atoms with Gasteiger partial charge in [-0.05, 0) is 42.2 Å². The van der Waals surface area contributed by atoms with Crippen molar-refractivity contribution >= 4 is 12.0 Å². The summed E-state index contributed by atoms with van der Waals surface area (Å²) in [7, 11) is 1.65. The summed E-state index contributed by atoms with van der Waals surface area (Å²) in [6, 6.07) is 7.87. The summed E-state index contributed by atoms with van der Waals surface area (Å²) in [5.74, 6) is 0.590. The summed E-state index contributed by atoms with van der Waals surface area (Å²) < 4.78 is 10.6. The summed E-state index contributed by atoms with van der Waals surface area (Å²) >= 11 is 0. The Labute approximate surface area is 155 Å². The number of hydrogen-bond acceptors (Lipinski definition) is 3. The molecule has 0 aromatic heterocycles. The van der Waals surface area contributed by atoms with E-state index in [9.17, 15) is 4.79 Å². The molecule has 0 bridgehead atoms. The number of rotatable bonds is 5. The topological polar surface area (TPSA) is 35.5 Å². The van der Waals surface area contributed by atoms with E-state index in [0.29, 0.717) is 6.61 Å². The van der Waals surface area contributed by atoms with Crippen LogP contribution in [0.1, 0.15) is 25.8 Å². The Hall–Kier alpha value is -2.81. The minimum Gasteiger partial charge on any atom is -0.497 e. The Morgan fingerprint density at radius 2 is 1.96 bits per heavy atom. The minimum absolute atomic E-state index is 0.237. The monoisotopic (exact) mass is 348 g/mol. The van der Waals surface area contributed by atoms with E-state index in [1.165, 1.54) is 5.57 Å². The van der Waals surface area contributed by atoms with E-state index in [1.807, 2.05) is 55.5 Å². The Balaban J connectivity index is 1.98. The molecule has 1 aromatic carbocycles. The average molecular weight is 348 g/mol. The number of allylic oxidation sites excluding steroid dienone is 8. The van der Waals surface area contributed by atoms with Gasteiger partial charge in [0.2, 0.25) is 0 Å². The quantitative estimate of drug-likeness (QED) is 0.700. The zero-order valence-corrected chi connectivity index (χ0v) is 15.5. The predicted molar refractivity (Wildman–Crippen MR) is 105 cm³/mol. The van der Waals surface area contributed by atoms with Gasteiger partial charge in [0, 0.05) is 5.41 Å². The van der Waals surface area contributed by atoms with Crippen molar-refractivity contribution in [1.29, 1.82) is 0 Å². The van der Waals surface area contributed by atoms with Crippen LogP contribution in [-0.2, 0) is 9.53 Å². The van der Waals surface area contributed by atoms with Gasteiger partial charge in [-0.15, -0.1) is 0 Å². The van der Waals surface area contributed by atoms with Crippen LogP contribution in [0.15, 0.2) is 77.4 Å². The second-order valence-electron chi connectivity index (χ2n) is 6.65. The molecule has 0 fully saturated rings. The van der Waals surface area contributed by atoms with Crippen LogP contribution in [0.3, 0.4) is 0 Å². The van der Waals surface area contributed by atoms with Crippen LogP contribution in [0, 0.1) is 5.41 Å². The number of hydrogen-bond donors (Lipinski definition) is 0. The molecule has 0 amide bonds. The minimum atomic E-state index is -0.400. The van der Waals surface area contributed by atoms with Crippen molar-refractivity contribution < 1.29 is 14.3 Å². The highest BCUT2D eigenvalue weighted by Crippen LogP contribution is 2.48. The molecule has 0 heterocycles. The molecular weight excluding hydrogens is 324 g/mol. The fourth-order valence-corrected chi connectivity index (χ4v) is 3.46. The Morgan fingerprint density at radius 3 is 2.65 bits per heavy atom. The Bertz CT molecular complexity index is 835. The van der Waals surface area contributed by atoms with Crippen molar-refractivity contribution in [3.05, 3.63) is 83.0 Å². The van der Waals surface area contributed by atoms with Gasteiger partial charge in [-0.1, -0.05) is 61.6 Å². The van der Waals surface area contributed by atoms with Crippen LogP contribution in [0.4, 0.5) is 0 Å². The molecular formula is C23H24O3. The maximum absolute atomic E-state index is 12.7. The summed E-state index contributed by atoms with van der Waals surface area (Å²) in [5.41, 5.74) is 3.55.